The molecule has 1 aliphatic carbocycles. The number of aromatic nitrogens is 1. The lowest BCUT2D eigenvalue weighted by Gasteiger charge is -2.31. The lowest BCUT2D eigenvalue weighted by Crippen LogP contribution is -2.38. The quantitative estimate of drug-likeness (QED) is 0.783. The molecule has 0 bridgehead atoms. The Morgan fingerprint density at radius 3 is 2.89 bits per heavy atom. The standard InChI is InChI=1S/C15H25N3/c1-18(15-7-3-2-4-8-15)11-10-17-13-14-6-5-9-16-12-14/h5-6,9,12,15,17H,2-4,7-8,10-11,13H2,1H3. The van der Waals surface area contributed by atoms with Crippen molar-refractivity contribution >= 4 is 0 Å². The fourth-order valence-electron chi connectivity index (χ4n) is 2.70. The van der Waals surface area contributed by atoms with Crippen molar-refractivity contribution in [1.82, 2.24) is 15.2 Å². The van der Waals surface area contributed by atoms with Crippen molar-refractivity contribution in [3.05, 3.63) is 30.1 Å². The van der Waals surface area contributed by atoms with Gasteiger partial charge in [-0.1, -0.05) is 25.3 Å². The Hall–Kier alpha value is -0.930. The Morgan fingerprint density at radius 2 is 2.17 bits per heavy atom. The van der Waals surface area contributed by atoms with Crippen LogP contribution in [0, 0.1) is 0 Å². The number of rotatable bonds is 6. The van der Waals surface area contributed by atoms with Gasteiger partial charge in [0.15, 0.2) is 0 Å². The number of nitrogens with zero attached hydrogens (tertiary/aromatic N) is 2. The van der Waals surface area contributed by atoms with E-state index in [2.05, 4.69) is 28.3 Å². The third kappa shape index (κ3) is 4.39. The smallest absolute Gasteiger partial charge is 0.0312 e. The van der Waals surface area contributed by atoms with Crippen LogP contribution in [0.4, 0.5) is 0 Å². The Bertz CT molecular complexity index is 320. The molecule has 18 heavy (non-hydrogen) atoms. The molecule has 100 valence electrons. The predicted octanol–water partition coefficient (Wildman–Crippen LogP) is 2.44. The van der Waals surface area contributed by atoms with Gasteiger partial charge in [-0.25, -0.2) is 0 Å². The maximum absolute atomic E-state index is 4.12. The van der Waals surface area contributed by atoms with Crippen LogP contribution in [0.5, 0.6) is 0 Å². The van der Waals surface area contributed by atoms with Crippen molar-refractivity contribution in [3.8, 4) is 0 Å². The lowest BCUT2D eigenvalue weighted by molar-refractivity contribution is 0.192. The Balaban J connectivity index is 1.60. The highest BCUT2D eigenvalue weighted by atomic mass is 15.1. The molecule has 1 aliphatic rings. The zero-order chi connectivity index (χ0) is 12.6. The molecule has 0 aliphatic heterocycles. The summed E-state index contributed by atoms with van der Waals surface area (Å²) in [6.45, 7) is 3.12. The first-order valence-electron chi connectivity index (χ1n) is 7.16. The van der Waals surface area contributed by atoms with Crippen molar-refractivity contribution < 1.29 is 0 Å². The van der Waals surface area contributed by atoms with E-state index in [0.717, 1.165) is 25.7 Å². The summed E-state index contributed by atoms with van der Waals surface area (Å²) in [5.41, 5.74) is 1.26. The van der Waals surface area contributed by atoms with Gasteiger partial charge in [-0.15, -0.1) is 0 Å². The average Bonchev–Trinajstić information content (AvgIpc) is 2.45. The van der Waals surface area contributed by atoms with Gasteiger partial charge < -0.3 is 10.2 Å². The van der Waals surface area contributed by atoms with Crippen molar-refractivity contribution in [3.63, 3.8) is 0 Å². The number of hydrogen-bond acceptors (Lipinski definition) is 3. The molecule has 3 heteroatoms. The topological polar surface area (TPSA) is 28.2 Å². The first kappa shape index (κ1) is 13.5. The van der Waals surface area contributed by atoms with E-state index in [9.17, 15) is 0 Å². The molecule has 0 unspecified atom stereocenters. The highest BCUT2D eigenvalue weighted by Gasteiger charge is 2.16. The van der Waals surface area contributed by atoms with Gasteiger partial charge in [0.25, 0.3) is 0 Å². The Kier molecular flexibility index (Phi) is 5.62. The van der Waals surface area contributed by atoms with Crippen molar-refractivity contribution in [2.75, 3.05) is 20.1 Å². The SMILES string of the molecule is CN(CCNCc1cccnc1)C1CCCCC1. The summed E-state index contributed by atoms with van der Waals surface area (Å²) in [6, 6.07) is 4.93. The van der Waals surface area contributed by atoms with E-state index in [1.54, 1.807) is 0 Å². The van der Waals surface area contributed by atoms with E-state index < -0.39 is 0 Å². The molecule has 1 heterocycles. The molecule has 0 atom stereocenters. The van der Waals surface area contributed by atoms with E-state index in [4.69, 9.17) is 0 Å². The first-order valence-corrected chi connectivity index (χ1v) is 7.16. The van der Waals surface area contributed by atoms with Gasteiger partial charge in [-0.05, 0) is 31.5 Å². The second kappa shape index (κ2) is 7.49. The monoisotopic (exact) mass is 247 g/mol. The van der Waals surface area contributed by atoms with Crippen LogP contribution in [0.15, 0.2) is 24.5 Å². The summed E-state index contributed by atoms with van der Waals surface area (Å²) in [5, 5.41) is 3.49. The zero-order valence-electron chi connectivity index (χ0n) is 11.4. The molecule has 1 N–H and O–H groups in total. The number of pyridine rings is 1. The predicted molar refractivity (Wildman–Crippen MR) is 75.4 cm³/mol. The highest BCUT2D eigenvalue weighted by Crippen LogP contribution is 2.21. The number of nitrogens with one attached hydrogen (secondary N) is 1. The maximum atomic E-state index is 4.12. The van der Waals surface area contributed by atoms with Gasteiger partial charge in [-0.3, -0.25) is 4.98 Å². The maximum Gasteiger partial charge on any atom is 0.0312 e. The Labute approximate surface area is 111 Å². The molecule has 1 fully saturated rings. The second-order valence-electron chi connectivity index (χ2n) is 5.31. The summed E-state index contributed by atoms with van der Waals surface area (Å²) in [4.78, 5) is 6.64. The minimum Gasteiger partial charge on any atom is -0.311 e. The fraction of sp³-hybridized carbons (Fsp3) is 0.667. The van der Waals surface area contributed by atoms with Gasteiger partial charge in [0.1, 0.15) is 0 Å². The summed E-state index contributed by atoms with van der Waals surface area (Å²) in [6.07, 6.45) is 10.8. The molecular weight excluding hydrogens is 222 g/mol. The van der Waals surface area contributed by atoms with E-state index in [0.29, 0.717) is 0 Å². The molecule has 1 aromatic heterocycles. The number of hydrogen-bond donors (Lipinski definition) is 1. The lowest BCUT2D eigenvalue weighted by atomic mass is 9.94. The first-order chi connectivity index (χ1) is 8.86. The normalized spacial score (nSPS) is 17.2. The number of likely N-dealkylation sites (N-methyl/N-ethyl adjacent to an activating group) is 1. The van der Waals surface area contributed by atoms with Gasteiger partial charge >= 0.3 is 0 Å². The molecule has 0 spiro atoms. The van der Waals surface area contributed by atoms with Crippen LogP contribution in [-0.2, 0) is 6.54 Å². The largest absolute Gasteiger partial charge is 0.311 e. The van der Waals surface area contributed by atoms with Crippen LogP contribution < -0.4 is 5.32 Å². The molecule has 3 nitrogen and oxygen atoms in total. The third-order valence-electron chi connectivity index (χ3n) is 3.89. The molecule has 2 rings (SSSR count). The average molecular weight is 247 g/mol. The van der Waals surface area contributed by atoms with Gasteiger partial charge in [0.05, 0.1) is 0 Å². The van der Waals surface area contributed by atoms with Crippen LogP contribution >= 0.6 is 0 Å². The van der Waals surface area contributed by atoms with Gasteiger partial charge in [-0.2, -0.15) is 0 Å². The highest BCUT2D eigenvalue weighted by molar-refractivity contribution is 5.07. The fourth-order valence-corrected chi connectivity index (χ4v) is 2.70. The summed E-state index contributed by atoms with van der Waals surface area (Å²) in [7, 11) is 2.27. The van der Waals surface area contributed by atoms with E-state index >= 15 is 0 Å². The zero-order valence-corrected chi connectivity index (χ0v) is 11.4. The molecule has 0 radical (unpaired) electrons. The van der Waals surface area contributed by atoms with E-state index in [-0.39, 0.29) is 0 Å². The van der Waals surface area contributed by atoms with Crippen LogP contribution in [0.1, 0.15) is 37.7 Å². The van der Waals surface area contributed by atoms with Crippen molar-refractivity contribution in [1.29, 1.82) is 0 Å². The van der Waals surface area contributed by atoms with Crippen molar-refractivity contribution in [2.45, 2.75) is 44.7 Å². The van der Waals surface area contributed by atoms with Gasteiger partial charge in [0.2, 0.25) is 0 Å². The summed E-state index contributed by atoms with van der Waals surface area (Å²) in [5.74, 6) is 0. The van der Waals surface area contributed by atoms with Crippen LogP contribution in [0.25, 0.3) is 0 Å². The third-order valence-corrected chi connectivity index (χ3v) is 3.89. The molecule has 1 saturated carbocycles. The summed E-state index contributed by atoms with van der Waals surface area (Å²) >= 11 is 0. The molecule has 0 amide bonds. The Morgan fingerprint density at radius 1 is 1.33 bits per heavy atom. The minimum absolute atomic E-state index is 0.818. The van der Waals surface area contributed by atoms with E-state index in [1.807, 2.05) is 18.5 Å². The minimum atomic E-state index is 0.818. The molecule has 1 aromatic rings. The second-order valence-corrected chi connectivity index (χ2v) is 5.31. The molecule has 0 saturated heterocycles. The van der Waals surface area contributed by atoms with E-state index in [1.165, 1.54) is 37.7 Å². The molecule has 0 aromatic carbocycles. The molecular formula is C15H25N3. The summed E-state index contributed by atoms with van der Waals surface area (Å²) < 4.78 is 0. The van der Waals surface area contributed by atoms with Crippen LogP contribution in [0.3, 0.4) is 0 Å². The van der Waals surface area contributed by atoms with Crippen LogP contribution in [0.2, 0.25) is 0 Å². The van der Waals surface area contributed by atoms with Crippen LogP contribution in [-0.4, -0.2) is 36.1 Å². The van der Waals surface area contributed by atoms with Crippen molar-refractivity contribution in [2.24, 2.45) is 0 Å². The van der Waals surface area contributed by atoms with Gasteiger partial charge in [0, 0.05) is 38.1 Å².